The predicted octanol–water partition coefficient (Wildman–Crippen LogP) is 3.58. The smallest absolute Gasteiger partial charge is 0.193 e. The Morgan fingerprint density at radius 1 is 1.19 bits per heavy atom. The fourth-order valence-corrected chi connectivity index (χ4v) is 2.84. The molecule has 1 aliphatic rings. The van der Waals surface area contributed by atoms with Crippen molar-refractivity contribution in [3.05, 3.63) is 47.8 Å². The molecule has 0 unspecified atom stereocenters. The molecule has 0 saturated heterocycles. The zero-order chi connectivity index (χ0) is 17.9. The number of aromatic nitrogens is 2. The van der Waals surface area contributed by atoms with Crippen molar-refractivity contribution in [1.29, 1.82) is 0 Å². The number of ether oxygens (including phenoxy) is 2. The minimum atomic E-state index is 0. The Balaban J connectivity index is 0.00000210. The minimum Gasteiger partial charge on any atom is -0.490 e. The molecule has 8 heteroatoms. The third kappa shape index (κ3) is 4.62. The predicted molar refractivity (Wildman–Crippen MR) is 117 cm³/mol. The molecule has 3 aromatic rings. The van der Waals surface area contributed by atoms with Gasteiger partial charge in [-0.2, -0.15) is 0 Å². The molecule has 0 atom stereocenters. The van der Waals surface area contributed by atoms with Crippen LogP contribution in [0.5, 0.6) is 11.5 Å². The van der Waals surface area contributed by atoms with Gasteiger partial charge in [-0.25, -0.2) is 9.98 Å². The van der Waals surface area contributed by atoms with E-state index >= 15 is 0 Å². The van der Waals surface area contributed by atoms with Gasteiger partial charge in [0.25, 0.3) is 0 Å². The van der Waals surface area contributed by atoms with Gasteiger partial charge in [-0.1, -0.05) is 6.07 Å². The lowest BCUT2D eigenvalue weighted by molar-refractivity contribution is 0.297. The van der Waals surface area contributed by atoms with Crippen molar-refractivity contribution in [2.24, 2.45) is 10.7 Å². The summed E-state index contributed by atoms with van der Waals surface area (Å²) in [5, 5.41) is 3.08. The highest BCUT2D eigenvalue weighted by atomic mass is 127. The zero-order valence-corrected chi connectivity index (χ0v) is 17.3. The Morgan fingerprint density at radius 3 is 2.85 bits per heavy atom. The number of nitrogens with one attached hydrogen (secondary N) is 2. The molecular formula is C19H22IN5O2. The van der Waals surface area contributed by atoms with Gasteiger partial charge >= 0.3 is 0 Å². The third-order valence-electron chi connectivity index (χ3n) is 4.11. The van der Waals surface area contributed by atoms with E-state index in [1.807, 2.05) is 30.3 Å². The summed E-state index contributed by atoms with van der Waals surface area (Å²) >= 11 is 0. The lowest BCUT2D eigenvalue weighted by atomic mass is 10.2. The monoisotopic (exact) mass is 479 g/mol. The number of guanidine groups is 1. The molecule has 0 aliphatic carbocycles. The molecule has 27 heavy (non-hydrogen) atoms. The Bertz CT molecular complexity index is 970. The number of benzene rings is 2. The van der Waals surface area contributed by atoms with Crippen LogP contribution in [0.25, 0.3) is 11.0 Å². The van der Waals surface area contributed by atoms with E-state index in [0.717, 1.165) is 34.7 Å². The highest BCUT2D eigenvalue weighted by molar-refractivity contribution is 14.0. The number of rotatable bonds is 3. The van der Waals surface area contributed by atoms with Crippen molar-refractivity contribution < 1.29 is 9.47 Å². The van der Waals surface area contributed by atoms with Crippen LogP contribution in [0.3, 0.4) is 0 Å². The van der Waals surface area contributed by atoms with Crippen LogP contribution in [0.2, 0.25) is 0 Å². The number of imidazole rings is 1. The molecule has 0 bridgehead atoms. The van der Waals surface area contributed by atoms with Gasteiger partial charge in [0.05, 0.1) is 24.2 Å². The lowest BCUT2D eigenvalue weighted by Gasteiger charge is -2.10. The number of halogens is 1. The van der Waals surface area contributed by atoms with E-state index in [0.29, 0.717) is 31.5 Å². The van der Waals surface area contributed by atoms with Crippen LogP contribution >= 0.6 is 24.0 Å². The van der Waals surface area contributed by atoms with Crippen molar-refractivity contribution >= 4 is 46.7 Å². The van der Waals surface area contributed by atoms with Gasteiger partial charge < -0.3 is 25.5 Å². The Hall–Kier alpha value is -2.49. The first kappa shape index (κ1) is 19.3. The fraction of sp³-hybridized carbons (Fsp3) is 0.263. The average Bonchev–Trinajstić information content (AvgIpc) is 2.88. The van der Waals surface area contributed by atoms with Gasteiger partial charge in [0.15, 0.2) is 17.5 Å². The Labute approximate surface area is 174 Å². The second-order valence-corrected chi connectivity index (χ2v) is 6.24. The van der Waals surface area contributed by atoms with Crippen molar-refractivity contribution in [1.82, 2.24) is 9.97 Å². The fourth-order valence-electron chi connectivity index (χ4n) is 2.84. The second-order valence-electron chi connectivity index (χ2n) is 6.24. The SMILES string of the molecule is Cc1ccc2nc(CN=C(N)Nc3ccc4c(c3)OCCCO4)[nH]c2c1.I. The standard InChI is InChI=1S/C19H21N5O2.HI/c1-12-3-5-14-15(9-12)24-18(23-14)11-21-19(20)22-13-4-6-16-17(10-13)26-8-2-7-25-16;/h3-6,9-10H,2,7-8,11H2,1H3,(H,23,24)(H3,20,21,22);1H. The first-order valence-electron chi connectivity index (χ1n) is 8.59. The number of H-pyrrole nitrogens is 1. The Morgan fingerprint density at radius 2 is 2.00 bits per heavy atom. The molecule has 0 spiro atoms. The number of hydrogen-bond donors (Lipinski definition) is 3. The molecule has 1 aromatic heterocycles. The van der Waals surface area contributed by atoms with Gasteiger partial charge in [0, 0.05) is 18.2 Å². The maximum absolute atomic E-state index is 6.00. The van der Waals surface area contributed by atoms with Gasteiger partial charge in [0.1, 0.15) is 12.4 Å². The molecule has 142 valence electrons. The van der Waals surface area contributed by atoms with Crippen molar-refractivity contribution in [3.63, 3.8) is 0 Å². The van der Waals surface area contributed by atoms with Gasteiger partial charge in [0.2, 0.25) is 0 Å². The molecule has 0 saturated carbocycles. The largest absolute Gasteiger partial charge is 0.490 e. The number of hydrogen-bond acceptors (Lipinski definition) is 4. The van der Waals surface area contributed by atoms with Crippen LogP contribution in [0.1, 0.15) is 17.8 Å². The number of aryl methyl sites for hydroxylation is 1. The van der Waals surface area contributed by atoms with Gasteiger partial charge in [-0.3, -0.25) is 0 Å². The second kappa shape index (κ2) is 8.47. The number of aliphatic imine (C=N–C) groups is 1. The van der Waals surface area contributed by atoms with E-state index in [1.165, 1.54) is 5.56 Å². The van der Waals surface area contributed by atoms with Crippen LogP contribution < -0.4 is 20.5 Å². The summed E-state index contributed by atoms with van der Waals surface area (Å²) < 4.78 is 11.3. The normalized spacial score (nSPS) is 13.7. The van der Waals surface area contributed by atoms with Gasteiger partial charge in [-0.05, 0) is 36.8 Å². The highest BCUT2D eigenvalue weighted by Gasteiger charge is 2.11. The summed E-state index contributed by atoms with van der Waals surface area (Å²) in [6, 6.07) is 11.7. The first-order valence-corrected chi connectivity index (χ1v) is 8.59. The number of nitrogens with zero attached hydrogens (tertiary/aromatic N) is 2. The number of anilines is 1. The zero-order valence-electron chi connectivity index (χ0n) is 15.0. The van der Waals surface area contributed by atoms with E-state index in [2.05, 4.69) is 33.3 Å². The molecule has 2 aromatic carbocycles. The average molecular weight is 479 g/mol. The van der Waals surface area contributed by atoms with E-state index < -0.39 is 0 Å². The van der Waals surface area contributed by atoms with Crippen LogP contribution in [0.15, 0.2) is 41.4 Å². The molecule has 4 rings (SSSR count). The molecule has 4 N–H and O–H groups in total. The molecule has 0 radical (unpaired) electrons. The molecule has 2 heterocycles. The molecular weight excluding hydrogens is 457 g/mol. The molecule has 0 amide bonds. The Kier molecular flexibility index (Phi) is 6.04. The molecule has 1 aliphatic heterocycles. The minimum absolute atomic E-state index is 0. The maximum atomic E-state index is 6.00. The van der Waals surface area contributed by atoms with E-state index in [1.54, 1.807) is 0 Å². The molecule has 0 fully saturated rings. The highest BCUT2D eigenvalue weighted by Crippen LogP contribution is 2.32. The summed E-state index contributed by atoms with van der Waals surface area (Å²) in [5.41, 5.74) is 9.92. The topological polar surface area (TPSA) is 97.6 Å². The van der Waals surface area contributed by atoms with Crippen molar-refractivity contribution in [2.45, 2.75) is 19.9 Å². The quantitative estimate of drug-likeness (QED) is 0.303. The third-order valence-corrected chi connectivity index (χ3v) is 4.11. The van der Waals surface area contributed by atoms with Crippen LogP contribution in [0, 0.1) is 6.92 Å². The summed E-state index contributed by atoms with van der Waals surface area (Å²) in [4.78, 5) is 12.1. The van der Waals surface area contributed by atoms with E-state index in [4.69, 9.17) is 15.2 Å². The lowest BCUT2D eigenvalue weighted by Crippen LogP contribution is -2.22. The number of aromatic amines is 1. The van der Waals surface area contributed by atoms with Crippen LogP contribution in [0.4, 0.5) is 5.69 Å². The summed E-state index contributed by atoms with van der Waals surface area (Å²) in [7, 11) is 0. The van der Waals surface area contributed by atoms with E-state index in [9.17, 15) is 0 Å². The maximum Gasteiger partial charge on any atom is 0.193 e. The summed E-state index contributed by atoms with van der Waals surface area (Å²) in [5.74, 6) is 2.55. The van der Waals surface area contributed by atoms with Crippen LogP contribution in [-0.2, 0) is 6.54 Å². The molecule has 7 nitrogen and oxygen atoms in total. The van der Waals surface area contributed by atoms with Crippen molar-refractivity contribution in [3.8, 4) is 11.5 Å². The first-order chi connectivity index (χ1) is 12.7. The summed E-state index contributed by atoms with van der Waals surface area (Å²) in [6.45, 7) is 3.73. The van der Waals surface area contributed by atoms with Crippen molar-refractivity contribution in [2.75, 3.05) is 18.5 Å². The number of fused-ring (bicyclic) bond motifs is 2. The number of nitrogens with two attached hydrogens (primary N) is 1. The van der Waals surface area contributed by atoms with Crippen LogP contribution in [-0.4, -0.2) is 29.1 Å². The summed E-state index contributed by atoms with van der Waals surface area (Å²) in [6.07, 6.45) is 0.873. The van der Waals surface area contributed by atoms with E-state index in [-0.39, 0.29) is 24.0 Å². The van der Waals surface area contributed by atoms with Gasteiger partial charge in [-0.15, -0.1) is 24.0 Å².